The van der Waals surface area contributed by atoms with Crippen molar-refractivity contribution in [2.24, 2.45) is 0 Å². The lowest BCUT2D eigenvalue weighted by Gasteiger charge is -2.09. The molecule has 0 unspecified atom stereocenters. The molecule has 0 amide bonds. The molecule has 1 nitrogen and oxygen atoms in total. The Morgan fingerprint density at radius 2 is 1.67 bits per heavy atom. The van der Waals surface area contributed by atoms with Gasteiger partial charge in [0, 0.05) is 0 Å². The molecular formula is C4H6Cl2F2O. The van der Waals surface area contributed by atoms with Crippen LogP contribution in [0.25, 0.3) is 0 Å². The van der Waals surface area contributed by atoms with Crippen LogP contribution in [0.3, 0.4) is 0 Å². The minimum atomic E-state index is -2.78. The van der Waals surface area contributed by atoms with E-state index < -0.39 is 12.7 Å². The summed E-state index contributed by atoms with van der Waals surface area (Å²) in [6.07, 6.45) is -0.742. The smallest absolute Gasteiger partial charge is 0.317 e. The number of hydrogen-bond donors (Lipinski definition) is 0. The first-order valence-electron chi connectivity index (χ1n) is 2.26. The number of alkyl halides is 4. The first-order chi connectivity index (χ1) is 4.20. The molecule has 0 N–H and O–H groups in total. The van der Waals surface area contributed by atoms with Crippen LogP contribution >= 0.6 is 23.2 Å². The van der Waals surface area contributed by atoms with Crippen LogP contribution in [0.1, 0.15) is 0 Å². The Morgan fingerprint density at radius 1 is 1.22 bits per heavy atom. The lowest BCUT2D eigenvalue weighted by atomic mass is 10.5. The quantitative estimate of drug-likeness (QED) is 0.600. The predicted octanol–water partition coefficient (Wildman–Crippen LogP) is 2.07. The molecule has 56 valence electrons. The van der Waals surface area contributed by atoms with Crippen LogP contribution in [0.4, 0.5) is 8.78 Å². The second kappa shape index (κ2) is 5.21. The van der Waals surface area contributed by atoms with E-state index in [2.05, 4.69) is 4.74 Å². The van der Waals surface area contributed by atoms with Crippen molar-refractivity contribution >= 4 is 23.2 Å². The predicted molar refractivity (Wildman–Crippen MR) is 32.3 cm³/mol. The third-order valence-corrected chi connectivity index (χ3v) is 1.33. The molecule has 0 bridgehead atoms. The molecule has 0 aliphatic heterocycles. The molecule has 0 saturated heterocycles. The van der Waals surface area contributed by atoms with E-state index in [1.807, 2.05) is 0 Å². The maximum absolute atomic E-state index is 11.3. The van der Waals surface area contributed by atoms with Gasteiger partial charge in [-0.05, 0) is 0 Å². The van der Waals surface area contributed by atoms with Crippen LogP contribution in [0, 0.1) is 0 Å². The van der Waals surface area contributed by atoms with Crippen molar-refractivity contribution in [3.8, 4) is 0 Å². The molecule has 0 aliphatic carbocycles. The van der Waals surface area contributed by atoms with Gasteiger partial charge in [0.2, 0.25) is 0 Å². The van der Waals surface area contributed by atoms with Crippen LogP contribution in [0.2, 0.25) is 0 Å². The summed E-state index contributed by atoms with van der Waals surface area (Å²) >= 11 is 10.3. The Hall–Kier alpha value is 0.400. The highest BCUT2D eigenvalue weighted by Gasteiger charge is 2.11. The summed E-state index contributed by atoms with van der Waals surface area (Å²) < 4.78 is 26.6. The van der Waals surface area contributed by atoms with Crippen molar-refractivity contribution in [2.45, 2.75) is 12.7 Å². The van der Waals surface area contributed by atoms with Gasteiger partial charge in [-0.25, -0.2) is 0 Å². The zero-order valence-corrected chi connectivity index (χ0v) is 6.00. The number of ether oxygens (including phenoxy) is 1. The van der Waals surface area contributed by atoms with Crippen LogP contribution in [0.15, 0.2) is 0 Å². The average molecular weight is 179 g/mol. The zero-order chi connectivity index (χ0) is 7.28. The van der Waals surface area contributed by atoms with Gasteiger partial charge in [-0.3, -0.25) is 0 Å². The monoisotopic (exact) mass is 178 g/mol. The Balaban J connectivity index is 3.31. The zero-order valence-electron chi connectivity index (χ0n) is 4.49. The summed E-state index contributed by atoms with van der Waals surface area (Å²) in [4.78, 5) is 0. The summed E-state index contributed by atoms with van der Waals surface area (Å²) in [6, 6.07) is 0. The maximum atomic E-state index is 11.3. The molecular weight excluding hydrogens is 173 g/mol. The summed E-state index contributed by atoms with van der Waals surface area (Å²) in [5.74, 6) is -0.0122. The molecule has 0 aromatic rings. The topological polar surface area (TPSA) is 9.23 Å². The molecule has 0 aromatic carbocycles. The molecule has 0 atom stereocenters. The van der Waals surface area contributed by atoms with E-state index in [1.54, 1.807) is 0 Å². The molecule has 0 radical (unpaired) electrons. The van der Waals surface area contributed by atoms with Crippen molar-refractivity contribution in [3.05, 3.63) is 0 Å². The largest absolute Gasteiger partial charge is 0.345 e. The standard InChI is InChI=1S/C4H6Cl2F2O/c5-1-3(2-6)9-4(7)8/h3-4H,1-2H2. The highest BCUT2D eigenvalue weighted by atomic mass is 35.5. The van der Waals surface area contributed by atoms with Crippen LogP contribution in [-0.4, -0.2) is 24.5 Å². The SMILES string of the molecule is FC(F)OC(CCl)CCl. The lowest BCUT2D eigenvalue weighted by Crippen LogP contribution is -2.19. The van der Waals surface area contributed by atoms with Gasteiger partial charge in [0.05, 0.1) is 17.9 Å². The highest BCUT2D eigenvalue weighted by molar-refractivity contribution is 6.21. The van der Waals surface area contributed by atoms with Crippen LogP contribution in [0.5, 0.6) is 0 Å². The van der Waals surface area contributed by atoms with Crippen molar-refractivity contribution in [1.29, 1.82) is 0 Å². The van der Waals surface area contributed by atoms with Gasteiger partial charge in [0.25, 0.3) is 0 Å². The first kappa shape index (κ1) is 9.40. The lowest BCUT2D eigenvalue weighted by molar-refractivity contribution is -0.150. The fourth-order valence-corrected chi connectivity index (χ4v) is 0.735. The Bertz CT molecular complexity index is 67.6. The van der Waals surface area contributed by atoms with Crippen molar-refractivity contribution < 1.29 is 13.5 Å². The van der Waals surface area contributed by atoms with E-state index in [-0.39, 0.29) is 11.8 Å². The minimum Gasteiger partial charge on any atom is -0.317 e. The molecule has 0 saturated carbocycles. The number of rotatable bonds is 4. The van der Waals surface area contributed by atoms with Gasteiger partial charge in [0.1, 0.15) is 0 Å². The van der Waals surface area contributed by atoms with Gasteiger partial charge in [-0.15, -0.1) is 23.2 Å². The molecule has 9 heavy (non-hydrogen) atoms. The molecule has 0 aliphatic rings. The van der Waals surface area contributed by atoms with E-state index in [4.69, 9.17) is 23.2 Å². The molecule has 0 heterocycles. The van der Waals surface area contributed by atoms with Gasteiger partial charge >= 0.3 is 6.61 Å². The van der Waals surface area contributed by atoms with Crippen molar-refractivity contribution in [3.63, 3.8) is 0 Å². The van der Waals surface area contributed by atoms with E-state index in [0.29, 0.717) is 0 Å². The third kappa shape index (κ3) is 4.88. The van der Waals surface area contributed by atoms with Gasteiger partial charge in [0.15, 0.2) is 0 Å². The van der Waals surface area contributed by atoms with Crippen LogP contribution < -0.4 is 0 Å². The fraction of sp³-hybridized carbons (Fsp3) is 1.00. The highest BCUT2D eigenvalue weighted by Crippen LogP contribution is 2.04. The van der Waals surface area contributed by atoms with E-state index >= 15 is 0 Å². The van der Waals surface area contributed by atoms with Gasteiger partial charge in [-0.2, -0.15) is 8.78 Å². The summed E-state index contributed by atoms with van der Waals surface area (Å²) in [6.45, 7) is -2.78. The Labute approximate surface area is 61.9 Å². The fourth-order valence-electron chi connectivity index (χ4n) is 0.259. The normalized spacial score (nSPS) is 11.3. The summed E-state index contributed by atoms with van der Waals surface area (Å²) in [5.41, 5.74) is 0. The second-order valence-corrected chi connectivity index (χ2v) is 1.94. The number of halogens is 4. The van der Waals surface area contributed by atoms with Crippen molar-refractivity contribution in [1.82, 2.24) is 0 Å². The summed E-state index contributed by atoms with van der Waals surface area (Å²) in [7, 11) is 0. The minimum absolute atomic E-state index is 0.00611. The van der Waals surface area contributed by atoms with E-state index in [1.165, 1.54) is 0 Å². The second-order valence-electron chi connectivity index (χ2n) is 1.33. The average Bonchev–Trinajstić information content (AvgIpc) is 1.82. The summed E-state index contributed by atoms with van der Waals surface area (Å²) in [5, 5.41) is 0. The Kier molecular flexibility index (Phi) is 5.44. The Morgan fingerprint density at radius 3 is 1.78 bits per heavy atom. The molecule has 0 aromatic heterocycles. The van der Waals surface area contributed by atoms with Gasteiger partial charge in [-0.1, -0.05) is 0 Å². The van der Waals surface area contributed by atoms with Crippen LogP contribution in [-0.2, 0) is 4.74 Å². The van der Waals surface area contributed by atoms with E-state index in [0.717, 1.165) is 0 Å². The molecule has 0 spiro atoms. The first-order valence-corrected chi connectivity index (χ1v) is 3.33. The molecule has 5 heteroatoms. The molecule has 0 fully saturated rings. The number of hydrogen-bond acceptors (Lipinski definition) is 1. The van der Waals surface area contributed by atoms with Gasteiger partial charge < -0.3 is 4.74 Å². The van der Waals surface area contributed by atoms with Crippen molar-refractivity contribution in [2.75, 3.05) is 11.8 Å². The van der Waals surface area contributed by atoms with E-state index in [9.17, 15) is 8.78 Å². The third-order valence-electron chi connectivity index (χ3n) is 0.640. The molecule has 0 rings (SSSR count). The maximum Gasteiger partial charge on any atom is 0.345 e.